The molecule has 5 heteroatoms. The summed E-state index contributed by atoms with van der Waals surface area (Å²) in [6, 6.07) is 0. The van der Waals surface area contributed by atoms with E-state index in [-0.39, 0.29) is 0 Å². The fraction of sp³-hybridized carbons (Fsp3) is 0.429. The minimum absolute atomic E-state index is 0.364. The highest BCUT2D eigenvalue weighted by Crippen LogP contribution is 2.09. The van der Waals surface area contributed by atoms with Gasteiger partial charge in [-0.15, -0.1) is 0 Å². The highest BCUT2D eigenvalue weighted by molar-refractivity contribution is 5.84. The van der Waals surface area contributed by atoms with E-state index >= 15 is 0 Å². The topological polar surface area (TPSA) is 67.0 Å². The Morgan fingerprint density at radius 2 is 2.58 bits per heavy atom. The van der Waals surface area contributed by atoms with Crippen molar-refractivity contribution in [2.75, 3.05) is 11.9 Å². The van der Waals surface area contributed by atoms with Gasteiger partial charge in [-0.25, -0.2) is 4.79 Å². The summed E-state index contributed by atoms with van der Waals surface area (Å²) in [5, 5.41) is 9.00. The smallest absolute Gasteiger partial charge is 0.411 e. The van der Waals surface area contributed by atoms with E-state index in [4.69, 9.17) is 0 Å². The van der Waals surface area contributed by atoms with E-state index in [1.807, 2.05) is 0 Å². The first-order valence-corrected chi connectivity index (χ1v) is 3.68. The maximum Gasteiger partial charge on any atom is 0.411 e. The molecule has 0 unspecified atom stereocenters. The quantitative estimate of drug-likeness (QED) is 0.700. The highest BCUT2D eigenvalue weighted by Gasteiger charge is 2.05. The Morgan fingerprint density at radius 1 is 1.83 bits per heavy atom. The second-order valence-corrected chi connectivity index (χ2v) is 2.23. The number of rotatable bonds is 2. The van der Waals surface area contributed by atoms with Gasteiger partial charge in [-0.3, -0.25) is 10.4 Å². The van der Waals surface area contributed by atoms with Crippen LogP contribution in [-0.2, 0) is 4.74 Å². The van der Waals surface area contributed by atoms with Crippen molar-refractivity contribution in [3.05, 3.63) is 11.9 Å². The van der Waals surface area contributed by atoms with Crippen LogP contribution in [0.1, 0.15) is 12.6 Å². The molecule has 1 aromatic rings. The van der Waals surface area contributed by atoms with Crippen molar-refractivity contribution in [3.8, 4) is 0 Å². The molecule has 0 aromatic carbocycles. The zero-order chi connectivity index (χ0) is 8.97. The van der Waals surface area contributed by atoms with Gasteiger partial charge >= 0.3 is 6.09 Å². The molecule has 0 spiro atoms. The standard InChI is InChI=1S/C7H11N3O2/c1-3-12-7(11)9-6-4-8-10-5(6)2/h4H,3H2,1-2H3,(H,8,10)(H,9,11). The number of H-pyrrole nitrogens is 1. The molecule has 0 atom stereocenters. The molecule has 0 fully saturated rings. The summed E-state index contributed by atoms with van der Waals surface area (Å²) in [5.74, 6) is 0. The van der Waals surface area contributed by atoms with Gasteiger partial charge in [0.1, 0.15) is 0 Å². The van der Waals surface area contributed by atoms with E-state index in [0.717, 1.165) is 5.69 Å². The van der Waals surface area contributed by atoms with Crippen LogP contribution in [-0.4, -0.2) is 22.9 Å². The van der Waals surface area contributed by atoms with Gasteiger partial charge in [-0.1, -0.05) is 0 Å². The van der Waals surface area contributed by atoms with E-state index in [2.05, 4.69) is 20.3 Å². The van der Waals surface area contributed by atoms with Crippen molar-refractivity contribution in [1.82, 2.24) is 10.2 Å². The first-order valence-electron chi connectivity index (χ1n) is 3.68. The third-order valence-electron chi connectivity index (χ3n) is 1.34. The molecule has 1 amide bonds. The molecule has 1 rings (SSSR count). The number of aryl methyl sites for hydroxylation is 1. The molecule has 0 aliphatic carbocycles. The molecule has 0 bridgehead atoms. The number of hydrogen-bond acceptors (Lipinski definition) is 3. The van der Waals surface area contributed by atoms with Crippen molar-refractivity contribution in [2.45, 2.75) is 13.8 Å². The summed E-state index contributed by atoms with van der Waals surface area (Å²) in [7, 11) is 0. The van der Waals surface area contributed by atoms with E-state index in [0.29, 0.717) is 12.3 Å². The van der Waals surface area contributed by atoms with Crippen LogP contribution in [0.5, 0.6) is 0 Å². The van der Waals surface area contributed by atoms with Crippen LogP contribution in [0.4, 0.5) is 10.5 Å². The summed E-state index contributed by atoms with van der Waals surface area (Å²) in [6.07, 6.45) is 1.15. The predicted octanol–water partition coefficient (Wildman–Crippen LogP) is 1.29. The largest absolute Gasteiger partial charge is 0.450 e. The molecule has 0 radical (unpaired) electrons. The second kappa shape index (κ2) is 3.75. The molecule has 0 aliphatic heterocycles. The second-order valence-electron chi connectivity index (χ2n) is 2.23. The number of carbonyl (C=O) groups excluding carboxylic acids is 1. The molecule has 66 valence electrons. The van der Waals surface area contributed by atoms with Gasteiger partial charge < -0.3 is 4.74 Å². The normalized spacial score (nSPS) is 9.50. The van der Waals surface area contributed by atoms with Crippen LogP contribution in [0.3, 0.4) is 0 Å². The molecule has 0 saturated carbocycles. The van der Waals surface area contributed by atoms with Crippen molar-refractivity contribution in [1.29, 1.82) is 0 Å². The molecule has 0 aliphatic rings. The third-order valence-corrected chi connectivity index (χ3v) is 1.34. The Bertz CT molecular complexity index is 269. The highest BCUT2D eigenvalue weighted by atomic mass is 16.5. The molecule has 1 aromatic heterocycles. The van der Waals surface area contributed by atoms with Crippen LogP contribution in [0.25, 0.3) is 0 Å². The zero-order valence-electron chi connectivity index (χ0n) is 7.05. The lowest BCUT2D eigenvalue weighted by molar-refractivity contribution is 0.168. The van der Waals surface area contributed by atoms with E-state index in [9.17, 15) is 4.79 Å². The molecule has 0 saturated heterocycles. The van der Waals surface area contributed by atoms with Crippen LogP contribution in [0, 0.1) is 6.92 Å². The van der Waals surface area contributed by atoms with Crippen LogP contribution in [0.2, 0.25) is 0 Å². The predicted molar refractivity (Wildman–Crippen MR) is 44.0 cm³/mol. The lowest BCUT2D eigenvalue weighted by atomic mass is 10.4. The number of nitrogens with zero attached hydrogens (tertiary/aromatic N) is 1. The first-order chi connectivity index (χ1) is 5.74. The molecular weight excluding hydrogens is 158 g/mol. The van der Waals surface area contributed by atoms with Gasteiger partial charge in [0.25, 0.3) is 0 Å². The Kier molecular flexibility index (Phi) is 2.68. The number of anilines is 1. The van der Waals surface area contributed by atoms with E-state index in [1.54, 1.807) is 20.0 Å². The molecule has 1 heterocycles. The number of ether oxygens (including phenoxy) is 1. The van der Waals surface area contributed by atoms with Crippen LogP contribution >= 0.6 is 0 Å². The molecule has 12 heavy (non-hydrogen) atoms. The molecular formula is C7H11N3O2. The lowest BCUT2D eigenvalue weighted by Gasteiger charge is -2.02. The average Bonchev–Trinajstić information content (AvgIpc) is 2.37. The summed E-state index contributed by atoms with van der Waals surface area (Å²) in [6.45, 7) is 3.91. The Labute approximate surface area is 70.1 Å². The third kappa shape index (κ3) is 1.98. The monoisotopic (exact) mass is 169 g/mol. The Balaban J connectivity index is 2.52. The average molecular weight is 169 g/mol. The van der Waals surface area contributed by atoms with Gasteiger partial charge in [0.2, 0.25) is 0 Å². The number of carbonyl (C=O) groups is 1. The molecule has 2 N–H and O–H groups in total. The Hall–Kier alpha value is -1.52. The van der Waals surface area contributed by atoms with Gasteiger partial charge in [-0.2, -0.15) is 5.10 Å². The van der Waals surface area contributed by atoms with Crippen molar-refractivity contribution in [2.24, 2.45) is 0 Å². The van der Waals surface area contributed by atoms with Gasteiger partial charge in [0.15, 0.2) is 0 Å². The van der Waals surface area contributed by atoms with Crippen molar-refractivity contribution in [3.63, 3.8) is 0 Å². The molecule has 5 nitrogen and oxygen atoms in total. The maximum atomic E-state index is 10.9. The lowest BCUT2D eigenvalue weighted by Crippen LogP contribution is -2.13. The van der Waals surface area contributed by atoms with Crippen LogP contribution in [0.15, 0.2) is 6.20 Å². The summed E-state index contributed by atoms with van der Waals surface area (Å²) >= 11 is 0. The van der Waals surface area contributed by atoms with E-state index < -0.39 is 6.09 Å². The fourth-order valence-electron chi connectivity index (χ4n) is 0.762. The Morgan fingerprint density at radius 3 is 3.08 bits per heavy atom. The van der Waals surface area contributed by atoms with E-state index in [1.165, 1.54) is 0 Å². The summed E-state index contributed by atoms with van der Waals surface area (Å²) < 4.78 is 4.68. The maximum absolute atomic E-state index is 10.9. The zero-order valence-corrected chi connectivity index (χ0v) is 7.05. The number of amides is 1. The van der Waals surface area contributed by atoms with Gasteiger partial charge in [-0.05, 0) is 13.8 Å². The fourth-order valence-corrected chi connectivity index (χ4v) is 0.762. The van der Waals surface area contributed by atoms with Crippen molar-refractivity contribution < 1.29 is 9.53 Å². The number of hydrogen-bond donors (Lipinski definition) is 2. The van der Waals surface area contributed by atoms with Crippen LogP contribution < -0.4 is 5.32 Å². The number of nitrogens with one attached hydrogen (secondary N) is 2. The SMILES string of the molecule is CCOC(=O)Nc1c[nH]nc1C. The minimum Gasteiger partial charge on any atom is -0.450 e. The van der Waals surface area contributed by atoms with Gasteiger partial charge in [0, 0.05) is 6.20 Å². The number of aromatic nitrogens is 2. The van der Waals surface area contributed by atoms with Gasteiger partial charge in [0.05, 0.1) is 18.0 Å². The summed E-state index contributed by atoms with van der Waals surface area (Å²) in [4.78, 5) is 10.9. The summed E-state index contributed by atoms with van der Waals surface area (Å²) in [5.41, 5.74) is 1.39. The number of aromatic amines is 1. The minimum atomic E-state index is -0.456. The van der Waals surface area contributed by atoms with Crippen molar-refractivity contribution >= 4 is 11.8 Å². The first kappa shape index (κ1) is 8.58.